The van der Waals surface area contributed by atoms with Crippen molar-refractivity contribution < 1.29 is 14.8 Å². The van der Waals surface area contributed by atoms with Crippen LogP contribution in [0.3, 0.4) is 0 Å². The van der Waals surface area contributed by atoms with E-state index in [2.05, 4.69) is 10.3 Å². The van der Waals surface area contributed by atoms with Gasteiger partial charge in [0, 0.05) is 17.3 Å². The van der Waals surface area contributed by atoms with Crippen molar-refractivity contribution >= 4 is 28.9 Å². The number of aromatic hydroxyl groups is 1. The number of nitro groups is 1. The molecule has 9 heteroatoms. The van der Waals surface area contributed by atoms with Crippen LogP contribution < -0.4 is 5.32 Å². The second kappa shape index (κ2) is 5.52. The van der Waals surface area contributed by atoms with Crippen LogP contribution in [0.5, 0.6) is 5.75 Å². The predicted molar refractivity (Wildman–Crippen MR) is 73.2 cm³/mol. The van der Waals surface area contributed by atoms with E-state index in [1.54, 1.807) is 0 Å². The number of hydrogen-bond donors (Lipinski definition) is 3. The number of aromatic nitrogens is 1. The van der Waals surface area contributed by atoms with Crippen molar-refractivity contribution in [1.82, 2.24) is 4.98 Å². The Morgan fingerprint density at radius 1 is 1.48 bits per heavy atom. The number of nitro benzene ring substituents is 1. The first kappa shape index (κ1) is 14.4. The molecule has 0 bridgehead atoms. The number of nitrogens with one attached hydrogen (secondary N) is 2. The first-order valence-electron chi connectivity index (χ1n) is 5.49. The summed E-state index contributed by atoms with van der Waals surface area (Å²) in [6.45, 7) is 0. The number of anilines is 1. The molecule has 3 N–H and O–H groups in total. The molecular weight excluding hydrogens is 300 g/mol. The van der Waals surface area contributed by atoms with Crippen LogP contribution >= 0.6 is 11.6 Å². The molecule has 0 radical (unpaired) electrons. The zero-order valence-corrected chi connectivity index (χ0v) is 11.0. The van der Waals surface area contributed by atoms with Gasteiger partial charge in [0.1, 0.15) is 11.8 Å². The van der Waals surface area contributed by atoms with Gasteiger partial charge in [-0.3, -0.25) is 14.9 Å². The molecule has 2 rings (SSSR count). The fourth-order valence-electron chi connectivity index (χ4n) is 1.60. The van der Waals surface area contributed by atoms with Crippen LogP contribution in [0, 0.1) is 21.4 Å². The minimum absolute atomic E-state index is 0.0148. The van der Waals surface area contributed by atoms with Gasteiger partial charge in [-0.15, -0.1) is 0 Å². The summed E-state index contributed by atoms with van der Waals surface area (Å²) >= 11 is 5.70. The van der Waals surface area contributed by atoms with Crippen molar-refractivity contribution in [2.24, 2.45) is 0 Å². The fourth-order valence-corrected chi connectivity index (χ4v) is 1.81. The molecule has 1 aromatic carbocycles. The summed E-state index contributed by atoms with van der Waals surface area (Å²) in [6.07, 6.45) is 1.33. The number of amides is 1. The first-order valence-corrected chi connectivity index (χ1v) is 5.87. The highest BCUT2D eigenvalue weighted by molar-refractivity contribution is 6.31. The number of nitrogens with zero attached hydrogens (tertiary/aromatic N) is 2. The molecule has 0 aliphatic carbocycles. The van der Waals surface area contributed by atoms with Gasteiger partial charge in [-0.2, -0.15) is 5.26 Å². The van der Waals surface area contributed by atoms with Gasteiger partial charge in [0.05, 0.1) is 16.2 Å². The third-order valence-corrected chi connectivity index (χ3v) is 2.77. The number of H-pyrrole nitrogens is 1. The lowest BCUT2D eigenvalue weighted by Gasteiger charge is -2.07. The second-order valence-corrected chi connectivity index (χ2v) is 4.38. The summed E-state index contributed by atoms with van der Waals surface area (Å²) in [6, 6.07) is 5.28. The predicted octanol–water partition coefficient (Wildman–Crippen LogP) is 2.41. The summed E-state index contributed by atoms with van der Waals surface area (Å²) in [7, 11) is 0. The molecule has 0 aliphatic heterocycles. The van der Waals surface area contributed by atoms with E-state index in [4.69, 9.17) is 16.9 Å². The second-order valence-electron chi connectivity index (χ2n) is 3.95. The zero-order valence-electron chi connectivity index (χ0n) is 10.3. The molecule has 0 unspecified atom stereocenters. The smallest absolute Gasteiger partial charge is 0.314 e. The standard InChI is InChI=1S/C12H7ClN4O4/c13-7-2-8(11(18)10(3-7)17(20)21)16-12(19)9-1-6(4-14)5-15-9/h1-3,5,15,18H,(H,16,19). The number of nitriles is 1. The van der Waals surface area contributed by atoms with Crippen molar-refractivity contribution in [1.29, 1.82) is 5.26 Å². The first-order chi connectivity index (χ1) is 9.92. The van der Waals surface area contributed by atoms with Gasteiger partial charge in [0.25, 0.3) is 5.91 Å². The number of phenolic OH excluding ortho intramolecular Hbond substituents is 1. The van der Waals surface area contributed by atoms with Gasteiger partial charge >= 0.3 is 5.69 Å². The summed E-state index contributed by atoms with van der Waals surface area (Å²) in [5, 5.41) is 31.4. The maximum atomic E-state index is 11.9. The summed E-state index contributed by atoms with van der Waals surface area (Å²) < 4.78 is 0. The van der Waals surface area contributed by atoms with Crippen LogP contribution in [0.4, 0.5) is 11.4 Å². The van der Waals surface area contributed by atoms with Gasteiger partial charge in [-0.05, 0) is 12.1 Å². The maximum absolute atomic E-state index is 11.9. The summed E-state index contributed by atoms with van der Waals surface area (Å²) in [4.78, 5) is 24.4. The average molecular weight is 307 g/mol. The van der Waals surface area contributed by atoms with E-state index >= 15 is 0 Å². The Balaban J connectivity index is 2.33. The Morgan fingerprint density at radius 3 is 2.76 bits per heavy atom. The van der Waals surface area contributed by atoms with Crippen LogP contribution in [0.2, 0.25) is 5.02 Å². The molecular formula is C12H7ClN4O4. The molecule has 0 saturated heterocycles. The highest BCUT2D eigenvalue weighted by Gasteiger charge is 2.20. The van der Waals surface area contributed by atoms with E-state index in [-0.39, 0.29) is 22.0 Å². The Hall–Kier alpha value is -3.05. The van der Waals surface area contributed by atoms with Gasteiger partial charge in [-0.25, -0.2) is 0 Å². The SMILES string of the molecule is N#Cc1c[nH]c(C(=O)Nc2cc(Cl)cc([N+](=O)[O-])c2O)c1. The van der Waals surface area contributed by atoms with Crippen LogP contribution in [0.1, 0.15) is 16.1 Å². The van der Waals surface area contributed by atoms with Gasteiger partial charge in [0.2, 0.25) is 5.75 Å². The normalized spacial score (nSPS) is 9.90. The molecule has 106 valence electrons. The molecule has 0 spiro atoms. The molecule has 0 aliphatic rings. The maximum Gasteiger partial charge on any atom is 0.314 e. The third-order valence-electron chi connectivity index (χ3n) is 2.56. The Kier molecular flexibility index (Phi) is 3.77. The molecule has 1 amide bonds. The molecule has 0 atom stereocenters. The number of carbonyl (C=O) groups excluding carboxylic acids is 1. The lowest BCUT2D eigenvalue weighted by atomic mass is 10.2. The van der Waals surface area contributed by atoms with E-state index in [1.807, 2.05) is 6.07 Å². The average Bonchev–Trinajstić information content (AvgIpc) is 2.91. The van der Waals surface area contributed by atoms with E-state index in [9.17, 15) is 20.0 Å². The quantitative estimate of drug-likeness (QED) is 0.455. The topological polar surface area (TPSA) is 132 Å². The van der Waals surface area contributed by atoms with E-state index < -0.39 is 22.3 Å². The van der Waals surface area contributed by atoms with Crippen molar-refractivity contribution in [3.63, 3.8) is 0 Å². The van der Waals surface area contributed by atoms with E-state index in [0.29, 0.717) is 0 Å². The van der Waals surface area contributed by atoms with Gasteiger partial charge in [0.15, 0.2) is 0 Å². The van der Waals surface area contributed by atoms with Gasteiger partial charge in [-0.1, -0.05) is 11.6 Å². The lowest BCUT2D eigenvalue weighted by Crippen LogP contribution is -2.12. The van der Waals surface area contributed by atoms with Crippen LogP contribution in [-0.4, -0.2) is 20.9 Å². The minimum Gasteiger partial charge on any atom is -0.501 e. The number of hydrogen-bond acceptors (Lipinski definition) is 5. The van der Waals surface area contributed by atoms with E-state index in [0.717, 1.165) is 6.07 Å². The Labute approximate surface area is 122 Å². The molecule has 1 aromatic heterocycles. The molecule has 1 heterocycles. The number of phenols is 1. The summed E-state index contributed by atoms with van der Waals surface area (Å²) in [5.74, 6) is -1.38. The Morgan fingerprint density at radius 2 is 2.19 bits per heavy atom. The van der Waals surface area contributed by atoms with Crippen LogP contribution in [0.25, 0.3) is 0 Å². The highest BCUT2D eigenvalue weighted by atomic mass is 35.5. The monoisotopic (exact) mass is 306 g/mol. The Bertz CT molecular complexity index is 778. The largest absolute Gasteiger partial charge is 0.501 e. The van der Waals surface area contributed by atoms with Gasteiger partial charge < -0.3 is 15.4 Å². The number of aromatic amines is 1. The van der Waals surface area contributed by atoms with Crippen molar-refractivity contribution in [2.75, 3.05) is 5.32 Å². The van der Waals surface area contributed by atoms with Crippen molar-refractivity contribution in [2.45, 2.75) is 0 Å². The number of halogens is 1. The number of carbonyl (C=O) groups is 1. The molecule has 2 aromatic rings. The fraction of sp³-hybridized carbons (Fsp3) is 0. The third kappa shape index (κ3) is 2.93. The number of rotatable bonds is 3. The van der Waals surface area contributed by atoms with Crippen molar-refractivity contribution in [3.05, 3.63) is 50.8 Å². The summed E-state index contributed by atoms with van der Waals surface area (Å²) in [5.41, 5.74) is -0.510. The van der Waals surface area contributed by atoms with Crippen molar-refractivity contribution in [3.8, 4) is 11.8 Å². The molecule has 0 saturated carbocycles. The lowest BCUT2D eigenvalue weighted by molar-refractivity contribution is -0.385. The van der Waals surface area contributed by atoms with Crippen LogP contribution in [0.15, 0.2) is 24.4 Å². The molecule has 21 heavy (non-hydrogen) atoms. The molecule has 0 fully saturated rings. The number of benzene rings is 1. The zero-order chi connectivity index (χ0) is 15.6. The molecule has 8 nitrogen and oxygen atoms in total. The van der Waals surface area contributed by atoms with Crippen LogP contribution in [-0.2, 0) is 0 Å². The minimum atomic E-state index is -0.820. The van der Waals surface area contributed by atoms with E-state index in [1.165, 1.54) is 18.3 Å². The highest BCUT2D eigenvalue weighted by Crippen LogP contribution is 2.37.